The fourth-order valence-corrected chi connectivity index (χ4v) is 3.56. The van der Waals surface area contributed by atoms with Gasteiger partial charge in [-0.2, -0.15) is 8.75 Å². The number of amides is 4. The highest BCUT2D eigenvalue weighted by atomic mass is 32.1. The fourth-order valence-electron chi connectivity index (χ4n) is 3.04. The molecule has 8 nitrogen and oxygen atoms in total. The smallest absolute Gasteiger partial charge is 0.324 e. The van der Waals surface area contributed by atoms with Crippen molar-refractivity contribution in [3.05, 3.63) is 23.8 Å². The van der Waals surface area contributed by atoms with Crippen LogP contribution >= 0.6 is 11.7 Å². The van der Waals surface area contributed by atoms with Gasteiger partial charge in [0.05, 0.1) is 24.3 Å². The standard InChI is InChI=1S/C14H13N5O3S/c20-12-6-15-14(22)19(12)9-3-4-18(7-9)13(21)8-1-2-10-11(5-8)17-23-16-10/h1-2,5,9H,3-4,6-7H2,(H,15,22)/t9-/m1/s1. The number of urea groups is 1. The SMILES string of the molecule is O=C(c1ccc2nsnc2c1)N1CC[C@@H](N2C(=O)CNC2=O)C1. The zero-order valence-corrected chi connectivity index (χ0v) is 12.9. The number of likely N-dealkylation sites (tertiary alicyclic amines) is 1. The molecule has 3 heterocycles. The van der Waals surface area contributed by atoms with E-state index in [0.29, 0.717) is 30.6 Å². The van der Waals surface area contributed by atoms with Crippen LogP contribution in [-0.2, 0) is 4.79 Å². The Morgan fingerprint density at radius 3 is 2.87 bits per heavy atom. The van der Waals surface area contributed by atoms with Crippen LogP contribution in [0.2, 0.25) is 0 Å². The van der Waals surface area contributed by atoms with Gasteiger partial charge in [0.1, 0.15) is 11.0 Å². The molecule has 118 valence electrons. The van der Waals surface area contributed by atoms with Crippen molar-refractivity contribution >= 4 is 40.6 Å². The van der Waals surface area contributed by atoms with E-state index in [1.807, 2.05) is 0 Å². The molecule has 0 aliphatic carbocycles. The van der Waals surface area contributed by atoms with Crippen molar-refractivity contribution in [1.29, 1.82) is 0 Å². The third-order valence-electron chi connectivity index (χ3n) is 4.19. The number of fused-ring (bicyclic) bond motifs is 1. The molecule has 1 atom stereocenters. The van der Waals surface area contributed by atoms with Crippen LogP contribution in [0.15, 0.2) is 18.2 Å². The van der Waals surface area contributed by atoms with Crippen molar-refractivity contribution in [2.45, 2.75) is 12.5 Å². The van der Waals surface area contributed by atoms with Crippen molar-refractivity contribution in [3.8, 4) is 0 Å². The summed E-state index contributed by atoms with van der Waals surface area (Å²) < 4.78 is 8.25. The molecule has 2 aromatic rings. The summed E-state index contributed by atoms with van der Waals surface area (Å²) in [5, 5.41) is 2.51. The second kappa shape index (κ2) is 5.27. The van der Waals surface area contributed by atoms with Crippen LogP contribution in [0.25, 0.3) is 11.0 Å². The van der Waals surface area contributed by atoms with E-state index >= 15 is 0 Å². The number of imide groups is 1. The van der Waals surface area contributed by atoms with E-state index in [1.54, 1.807) is 23.1 Å². The highest BCUT2D eigenvalue weighted by Crippen LogP contribution is 2.21. The van der Waals surface area contributed by atoms with Crippen molar-refractivity contribution in [1.82, 2.24) is 23.9 Å². The molecule has 4 rings (SSSR count). The van der Waals surface area contributed by atoms with Gasteiger partial charge in [-0.3, -0.25) is 14.5 Å². The molecule has 4 amide bonds. The van der Waals surface area contributed by atoms with Gasteiger partial charge in [-0.05, 0) is 24.6 Å². The third-order valence-corrected chi connectivity index (χ3v) is 4.75. The first-order chi connectivity index (χ1) is 11.1. The van der Waals surface area contributed by atoms with Crippen LogP contribution in [0, 0.1) is 0 Å². The lowest BCUT2D eigenvalue weighted by Gasteiger charge is -2.21. The van der Waals surface area contributed by atoms with Gasteiger partial charge in [0.15, 0.2) is 0 Å². The second-order valence-corrected chi connectivity index (χ2v) is 6.11. The van der Waals surface area contributed by atoms with Gasteiger partial charge in [0.2, 0.25) is 5.91 Å². The Balaban J connectivity index is 1.51. The average molecular weight is 331 g/mol. The monoisotopic (exact) mass is 331 g/mol. The normalized spacial score (nSPS) is 21.3. The van der Waals surface area contributed by atoms with E-state index in [1.165, 1.54) is 4.90 Å². The van der Waals surface area contributed by atoms with Crippen LogP contribution in [-0.4, -0.2) is 62.1 Å². The zero-order valence-electron chi connectivity index (χ0n) is 12.1. The van der Waals surface area contributed by atoms with Gasteiger partial charge in [-0.25, -0.2) is 4.79 Å². The Labute approximate surface area is 135 Å². The van der Waals surface area contributed by atoms with E-state index in [-0.39, 0.29) is 30.4 Å². The second-order valence-electron chi connectivity index (χ2n) is 5.58. The Bertz CT molecular complexity index is 804. The van der Waals surface area contributed by atoms with Gasteiger partial charge in [-0.15, -0.1) is 0 Å². The molecule has 2 fully saturated rings. The van der Waals surface area contributed by atoms with Crippen LogP contribution in [0.3, 0.4) is 0 Å². The van der Waals surface area contributed by atoms with Crippen LogP contribution in [0.1, 0.15) is 16.8 Å². The number of hydrogen-bond donors (Lipinski definition) is 1. The van der Waals surface area contributed by atoms with E-state index in [4.69, 9.17) is 0 Å². The first-order valence-corrected chi connectivity index (χ1v) is 7.98. The quantitative estimate of drug-likeness (QED) is 0.807. The van der Waals surface area contributed by atoms with Gasteiger partial charge in [0.25, 0.3) is 5.91 Å². The highest BCUT2D eigenvalue weighted by molar-refractivity contribution is 7.00. The number of nitrogens with zero attached hydrogens (tertiary/aromatic N) is 4. The maximum Gasteiger partial charge on any atom is 0.324 e. The van der Waals surface area contributed by atoms with Crippen LogP contribution < -0.4 is 5.32 Å². The Morgan fingerprint density at radius 2 is 2.09 bits per heavy atom. The Morgan fingerprint density at radius 1 is 1.26 bits per heavy atom. The summed E-state index contributed by atoms with van der Waals surface area (Å²) in [6.07, 6.45) is 0.603. The molecule has 2 saturated heterocycles. The lowest BCUT2D eigenvalue weighted by Crippen LogP contribution is -2.42. The van der Waals surface area contributed by atoms with Crippen molar-refractivity contribution < 1.29 is 14.4 Å². The van der Waals surface area contributed by atoms with Gasteiger partial charge in [0, 0.05) is 18.7 Å². The summed E-state index contributed by atoms with van der Waals surface area (Å²) in [6, 6.07) is 4.61. The first kappa shape index (κ1) is 14.1. The number of aromatic nitrogens is 2. The molecule has 0 bridgehead atoms. The lowest BCUT2D eigenvalue weighted by atomic mass is 10.2. The molecule has 0 unspecified atom stereocenters. The van der Waals surface area contributed by atoms with E-state index in [9.17, 15) is 14.4 Å². The zero-order chi connectivity index (χ0) is 16.0. The number of nitrogens with one attached hydrogen (secondary N) is 1. The molecular formula is C14H13N5O3S. The van der Waals surface area contributed by atoms with Gasteiger partial charge in [-0.1, -0.05) is 0 Å². The van der Waals surface area contributed by atoms with Crippen LogP contribution in [0.4, 0.5) is 4.79 Å². The van der Waals surface area contributed by atoms with Crippen molar-refractivity contribution in [2.24, 2.45) is 0 Å². The molecular weight excluding hydrogens is 318 g/mol. The maximum atomic E-state index is 12.6. The molecule has 1 aromatic carbocycles. The predicted octanol–water partition coefficient (Wildman–Crippen LogP) is 0.458. The first-order valence-electron chi connectivity index (χ1n) is 7.25. The van der Waals surface area contributed by atoms with E-state index in [2.05, 4.69) is 14.1 Å². The lowest BCUT2D eigenvalue weighted by molar-refractivity contribution is -0.126. The molecule has 2 aliphatic rings. The number of carbonyl (C=O) groups is 3. The van der Waals surface area contributed by atoms with Gasteiger partial charge < -0.3 is 10.2 Å². The number of hydrogen-bond acceptors (Lipinski definition) is 6. The summed E-state index contributed by atoms with van der Waals surface area (Å²) in [6.45, 7) is 0.927. The Kier molecular flexibility index (Phi) is 3.22. The predicted molar refractivity (Wildman–Crippen MR) is 82.0 cm³/mol. The van der Waals surface area contributed by atoms with E-state index in [0.717, 1.165) is 17.2 Å². The summed E-state index contributed by atoms with van der Waals surface area (Å²) in [7, 11) is 0. The summed E-state index contributed by atoms with van der Waals surface area (Å²) in [4.78, 5) is 39.0. The van der Waals surface area contributed by atoms with Gasteiger partial charge >= 0.3 is 6.03 Å². The average Bonchev–Trinajstić information content (AvgIpc) is 3.26. The molecule has 0 spiro atoms. The van der Waals surface area contributed by atoms with Crippen molar-refractivity contribution in [2.75, 3.05) is 19.6 Å². The number of benzene rings is 1. The molecule has 1 aromatic heterocycles. The molecule has 23 heavy (non-hydrogen) atoms. The third kappa shape index (κ3) is 2.33. The highest BCUT2D eigenvalue weighted by Gasteiger charge is 2.39. The minimum absolute atomic E-state index is 0.0385. The number of carbonyl (C=O) groups excluding carboxylic acids is 3. The summed E-state index contributed by atoms with van der Waals surface area (Å²) >= 11 is 1.11. The topological polar surface area (TPSA) is 95.5 Å². The minimum Gasteiger partial charge on any atom is -0.336 e. The maximum absolute atomic E-state index is 12.6. The molecule has 9 heteroatoms. The summed E-state index contributed by atoms with van der Waals surface area (Å²) in [5.41, 5.74) is 2.01. The fraction of sp³-hybridized carbons (Fsp3) is 0.357. The molecule has 1 N–H and O–H groups in total. The Hall–Kier alpha value is -2.55. The molecule has 0 saturated carbocycles. The summed E-state index contributed by atoms with van der Waals surface area (Å²) in [5.74, 6) is -0.348. The molecule has 0 radical (unpaired) electrons. The van der Waals surface area contributed by atoms with Crippen molar-refractivity contribution in [3.63, 3.8) is 0 Å². The molecule has 2 aliphatic heterocycles. The minimum atomic E-state index is -0.371. The number of rotatable bonds is 2. The van der Waals surface area contributed by atoms with E-state index < -0.39 is 0 Å². The van der Waals surface area contributed by atoms with Crippen LogP contribution in [0.5, 0.6) is 0 Å². The largest absolute Gasteiger partial charge is 0.336 e.